The van der Waals surface area contributed by atoms with Crippen LogP contribution in [0.2, 0.25) is 0 Å². The summed E-state index contributed by atoms with van der Waals surface area (Å²) in [7, 11) is -5.11. The number of aryl methyl sites for hydroxylation is 4. The van der Waals surface area contributed by atoms with E-state index in [9.17, 15) is 25.9 Å². The molecule has 0 atom stereocenters. The Kier molecular flexibility index (Phi) is 9.76. The number of hydrogen-bond donors (Lipinski definition) is 0. The van der Waals surface area contributed by atoms with E-state index in [2.05, 4.69) is 84.8 Å². The van der Waals surface area contributed by atoms with E-state index in [1.54, 1.807) is 0 Å². The average molecular weight is 487 g/mol. The molecule has 0 aliphatic rings. The molecule has 0 aliphatic carbocycles. The molecule has 0 saturated heterocycles. The van der Waals surface area contributed by atoms with Crippen LogP contribution < -0.4 is 9.13 Å². The van der Waals surface area contributed by atoms with Crippen molar-refractivity contribution in [2.75, 3.05) is 0 Å². The first-order chi connectivity index (χ1) is 14.7. The summed E-state index contributed by atoms with van der Waals surface area (Å²) in [5, 5.41) is 0. The number of imidazole rings is 2. The van der Waals surface area contributed by atoms with Crippen LogP contribution in [0.3, 0.4) is 0 Å². The molecule has 0 bridgehead atoms. The Balaban J connectivity index is 0.000000250. The number of rotatable bonds is 4. The van der Waals surface area contributed by atoms with E-state index in [1.165, 1.54) is 11.6 Å². The minimum absolute atomic E-state index is 0.579. The Morgan fingerprint density at radius 3 is 1.12 bits per heavy atom. The minimum atomic E-state index is -4.61. The summed E-state index contributed by atoms with van der Waals surface area (Å²) in [6, 6.07) is 3.08. The van der Waals surface area contributed by atoms with Crippen molar-refractivity contribution in [1.82, 2.24) is 9.13 Å². The van der Waals surface area contributed by atoms with Gasteiger partial charge >= 0.3 is 0 Å². The second-order valence-corrected chi connectivity index (χ2v) is 9.62. The molecule has 3 aromatic rings. The van der Waals surface area contributed by atoms with E-state index < -0.39 is 30.0 Å². The van der Waals surface area contributed by atoms with Gasteiger partial charge in [-0.15, -0.1) is 0 Å². The Hall–Kier alpha value is -2.54. The minimum Gasteiger partial charge on any atom is -0.744 e. The predicted molar refractivity (Wildman–Crippen MR) is 114 cm³/mol. The van der Waals surface area contributed by atoms with Crippen LogP contribution in [0.4, 0.5) is 0 Å². The predicted octanol–water partition coefficient (Wildman–Crippen LogP) is 0.777. The topological polar surface area (TPSA) is 132 Å². The van der Waals surface area contributed by atoms with Gasteiger partial charge in [0.1, 0.15) is 45.0 Å². The lowest BCUT2D eigenvalue weighted by atomic mass is 10.4. The summed E-state index contributed by atoms with van der Waals surface area (Å²) >= 11 is 0. The second-order valence-electron chi connectivity index (χ2n) is 6.86. The molecule has 32 heavy (non-hydrogen) atoms. The first-order valence-corrected chi connectivity index (χ1v) is 12.6. The fourth-order valence-electron chi connectivity index (χ4n) is 2.64. The van der Waals surface area contributed by atoms with Gasteiger partial charge in [-0.25, -0.2) is 35.1 Å². The molecule has 0 radical (unpaired) electrons. The summed E-state index contributed by atoms with van der Waals surface area (Å²) in [6.45, 7) is 10.6. The molecule has 3 rings (SSSR count). The average Bonchev–Trinajstić information content (AvgIpc) is 3.22. The summed E-state index contributed by atoms with van der Waals surface area (Å²) in [6.07, 6.45) is 8.32. The van der Waals surface area contributed by atoms with Gasteiger partial charge < -0.3 is 9.11 Å². The Labute approximate surface area is 189 Å². The van der Waals surface area contributed by atoms with Crippen LogP contribution in [0.1, 0.15) is 25.5 Å². The van der Waals surface area contributed by atoms with E-state index in [4.69, 9.17) is 0 Å². The monoisotopic (exact) mass is 486 g/mol. The smallest absolute Gasteiger partial charge is 0.252 e. The van der Waals surface area contributed by atoms with Crippen LogP contribution >= 0.6 is 0 Å². The summed E-state index contributed by atoms with van der Waals surface area (Å²) in [4.78, 5) is -1.16. The largest absolute Gasteiger partial charge is 0.744 e. The molecular formula is C20H30N4O6S2. The van der Waals surface area contributed by atoms with Crippen LogP contribution in [0, 0.1) is 13.8 Å². The van der Waals surface area contributed by atoms with Gasteiger partial charge in [0.15, 0.2) is 0 Å². The van der Waals surface area contributed by atoms with Crippen LogP contribution in [0.5, 0.6) is 0 Å². The van der Waals surface area contributed by atoms with E-state index in [1.807, 2.05) is 0 Å². The highest BCUT2D eigenvalue weighted by atomic mass is 32.2. The third-order valence-corrected chi connectivity index (χ3v) is 6.57. The fourth-order valence-corrected chi connectivity index (χ4v) is 3.58. The highest BCUT2D eigenvalue weighted by Gasteiger charge is 2.05. The van der Waals surface area contributed by atoms with Crippen molar-refractivity contribution >= 4 is 20.2 Å². The van der Waals surface area contributed by atoms with Gasteiger partial charge in [0.2, 0.25) is 0 Å². The molecule has 0 aliphatic heterocycles. The molecule has 10 nitrogen and oxygen atoms in total. The number of benzene rings is 1. The molecule has 0 spiro atoms. The molecule has 12 heteroatoms. The summed E-state index contributed by atoms with van der Waals surface area (Å²) < 4.78 is 71.1. The van der Waals surface area contributed by atoms with Gasteiger partial charge in [0.05, 0.1) is 37.0 Å². The Morgan fingerprint density at radius 2 is 1.00 bits per heavy atom. The lowest BCUT2D eigenvalue weighted by molar-refractivity contribution is -0.677. The number of hydrogen-bond acceptors (Lipinski definition) is 6. The van der Waals surface area contributed by atoms with E-state index >= 15 is 0 Å². The molecule has 0 unspecified atom stereocenters. The zero-order chi connectivity index (χ0) is 24.7. The molecule has 0 N–H and O–H groups in total. The molecule has 1 aromatic carbocycles. The van der Waals surface area contributed by atoms with Gasteiger partial charge in [-0.2, -0.15) is 0 Å². The highest BCUT2D eigenvalue weighted by Crippen LogP contribution is 2.13. The zero-order valence-electron chi connectivity index (χ0n) is 19.1. The maximum absolute atomic E-state index is 10.4. The van der Waals surface area contributed by atoms with Crippen LogP contribution in [0.25, 0.3) is 0 Å². The van der Waals surface area contributed by atoms with Crippen molar-refractivity contribution in [1.29, 1.82) is 0 Å². The van der Waals surface area contributed by atoms with Crippen molar-refractivity contribution in [3.8, 4) is 0 Å². The van der Waals surface area contributed by atoms with Crippen LogP contribution in [-0.2, 0) is 47.4 Å². The molecule has 2 heterocycles. The van der Waals surface area contributed by atoms with E-state index in [0.717, 1.165) is 37.4 Å². The second kappa shape index (κ2) is 11.4. The van der Waals surface area contributed by atoms with Crippen LogP contribution in [0.15, 0.2) is 58.8 Å². The highest BCUT2D eigenvalue weighted by molar-refractivity contribution is 7.86. The van der Waals surface area contributed by atoms with Crippen molar-refractivity contribution in [3.05, 3.63) is 60.7 Å². The van der Waals surface area contributed by atoms with E-state index in [0.29, 0.717) is 0 Å². The van der Waals surface area contributed by atoms with Gasteiger partial charge in [-0.05, 0) is 38.1 Å². The van der Waals surface area contributed by atoms with Crippen molar-refractivity contribution in [2.24, 2.45) is 14.1 Å². The van der Waals surface area contributed by atoms with Crippen molar-refractivity contribution < 1.29 is 35.1 Å². The van der Waals surface area contributed by atoms with Gasteiger partial charge in [0, 0.05) is 13.8 Å². The molecule has 178 valence electrons. The summed E-state index contributed by atoms with van der Waals surface area (Å²) in [5.41, 5.74) is 0. The van der Waals surface area contributed by atoms with Gasteiger partial charge in [0.25, 0.3) is 11.6 Å². The van der Waals surface area contributed by atoms with Crippen molar-refractivity contribution in [2.45, 2.75) is 50.6 Å². The lowest BCUT2D eigenvalue weighted by Gasteiger charge is -2.09. The lowest BCUT2D eigenvalue weighted by Crippen LogP contribution is -2.29. The first-order valence-electron chi connectivity index (χ1n) is 9.76. The maximum atomic E-state index is 10.4. The Morgan fingerprint density at radius 1 is 0.719 bits per heavy atom. The van der Waals surface area contributed by atoms with Crippen molar-refractivity contribution in [3.63, 3.8) is 0 Å². The Bertz CT molecular complexity index is 1130. The zero-order valence-corrected chi connectivity index (χ0v) is 20.7. The standard InChI is InChI=1S/2C7H13N2.C6H6O6S2/c2*1-4-9-6-5-8(3)7(9)2;7-13(8,9)5-1-2-6(4-3-5)14(10,11)12/h2*5-6H,4H2,1-3H3;1-4H,(H,7,8,9)(H,10,11,12)/q2*+1;/p-2. The molecule has 2 aromatic heterocycles. The van der Waals surface area contributed by atoms with Gasteiger partial charge in [-0.1, -0.05) is 0 Å². The third-order valence-electron chi connectivity index (χ3n) is 4.88. The normalized spacial score (nSPS) is 11.2. The molecule has 0 fully saturated rings. The molecule has 0 amide bonds. The number of nitrogens with zero attached hydrogens (tertiary/aromatic N) is 4. The third kappa shape index (κ3) is 7.86. The van der Waals surface area contributed by atoms with E-state index in [-0.39, 0.29) is 0 Å². The SMILES string of the molecule is CCn1cc[n+](C)c1C.CCn1cc[n+](C)c1C.O=S(=O)([O-])c1ccc(S(=O)(=O)[O-])cc1. The van der Waals surface area contributed by atoms with Crippen LogP contribution in [-0.4, -0.2) is 35.1 Å². The summed E-state index contributed by atoms with van der Waals surface area (Å²) in [5.74, 6) is 2.61. The quantitative estimate of drug-likeness (QED) is 0.395. The van der Waals surface area contributed by atoms with Gasteiger partial charge in [-0.3, -0.25) is 0 Å². The first kappa shape index (κ1) is 27.5. The molecule has 0 saturated carbocycles. The fraction of sp³-hybridized carbons (Fsp3) is 0.400. The molecular weight excluding hydrogens is 456 g/mol. The number of aromatic nitrogens is 4. The maximum Gasteiger partial charge on any atom is 0.252 e.